The molecule has 0 saturated heterocycles. The van der Waals surface area contributed by atoms with E-state index in [1.54, 1.807) is 20.8 Å². The largest absolute Gasteiger partial charge is 0.480 e. The number of amides is 1. The summed E-state index contributed by atoms with van der Waals surface area (Å²) in [5, 5.41) is 23.0. The number of aliphatic hydroxyl groups excluding tert-OH is 1. The van der Waals surface area contributed by atoms with Gasteiger partial charge in [0.25, 0.3) is 0 Å². The molecule has 2 saturated carbocycles. The SMILES string of the molecule is C1CCC(NC2CCCCC2)CC1.CC(C)(C)OC(=O)NC(CO)C(=O)O. The molecule has 2 aliphatic rings. The van der Waals surface area contributed by atoms with Crippen molar-refractivity contribution >= 4 is 12.1 Å². The molecule has 1 atom stereocenters. The molecule has 1 unspecified atom stereocenters. The number of carbonyl (C=O) groups is 2. The van der Waals surface area contributed by atoms with Crippen LogP contribution in [-0.2, 0) is 9.53 Å². The van der Waals surface area contributed by atoms with Gasteiger partial charge in [-0.05, 0) is 46.5 Å². The summed E-state index contributed by atoms with van der Waals surface area (Å²) in [5.41, 5.74) is -0.692. The van der Waals surface area contributed by atoms with E-state index < -0.39 is 30.3 Å². The predicted molar refractivity (Wildman–Crippen MR) is 105 cm³/mol. The summed E-state index contributed by atoms with van der Waals surface area (Å²) in [6.45, 7) is 4.29. The quantitative estimate of drug-likeness (QED) is 0.578. The van der Waals surface area contributed by atoms with Crippen molar-refractivity contribution in [2.45, 2.75) is 109 Å². The van der Waals surface area contributed by atoms with Crippen LogP contribution in [0.25, 0.3) is 0 Å². The molecule has 7 nitrogen and oxygen atoms in total. The minimum atomic E-state index is -1.33. The van der Waals surface area contributed by atoms with Crippen LogP contribution >= 0.6 is 0 Å². The molecule has 27 heavy (non-hydrogen) atoms. The van der Waals surface area contributed by atoms with E-state index in [4.69, 9.17) is 14.9 Å². The van der Waals surface area contributed by atoms with E-state index in [9.17, 15) is 9.59 Å². The molecular weight excluding hydrogens is 348 g/mol. The maximum Gasteiger partial charge on any atom is 0.408 e. The van der Waals surface area contributed by atoms with Crippen molar-refractivity contribution in [1.82, 2.24) is 10.6 Å². The Balaban J connectivity index is 0.000000270. The molecule has 158 valence electrons. The fraction of sp³-hybridized carbons (Fsp3) is 0.900. The standard InChI is InChI=1S/C12H23N.C8H15NO5/c1-3-7-11(8-4-1)13-12-9-5-2-6-10-12;1-8(2,3)14-7(13)9-5(4-10)6(11)12/h11-13H,1-10H2;5,10H,4H2,1-3H3,(H,9,13)(H,11,12). The van der Waals surface area contributed by atoms with E-state index in [-0.39, 0.29) is 0 Å². The Hall–Kier alpha value is -1.34. The summed E-state index contributed by atoms with van der Waals surface area (Å²) in [5.74, 6) is -1.31. The molecule has 4 N–H and O–H groups in total. The van der Waals surface area contributed by atoms with Crippen LogP contribution in [0.5, 0.6) is 0 Å². The molecule has 1 amide bonds. The normalized spacial score (nSPS) is 20.1. The van der Waals surface area contributed by atoms with Gasteiger partial charge >= 0.3 is 12.1 Å². The number of alkyl carbamates (subject to hydrolysis) is 1. The van der Waals surface area contributed by atoms with E-state index in [0.29, 0.717) is 0 Å². The van der Waals surface area contributed by atoms with Crippen molar-refractivity contribution in [3.63, 3.8) is 0 Å². The highest BCUT2D eigenvalue weighted by Crippen LogP contribution is 2.22. The van der Waals surface area contributed by atoms with E-state index in [1.165, 1.54) is 64.2 Å². The van der Waals surface area contributed by atoms with Crippen molar-refractivity contribution in [1.29, 1.82) is 0 Å². The Kier molecular flexibility index (Phi) is 10.7. The van der Waals surface area contributed by atoms with Crippen LogP contribution in [0.4, 0.5) is 4.79 Å². The van der Waals surface area contributed by atoms with Gasteiger partial charge in [-0.3, -0.25) is 0 Å². The zero-order valence-corrected chi connectivity index (χ0v) is 17.1. The molecule has 0 spiro atoms. The molecule has 7 heteroatoms. The Labute approximate surface area is 163 Å². The van der Waals surface area contributed by atoms with Crippen molar-refractivity contribution in [3.05, 3.63) is 0 Å². The Bertz CT molecular complexity index is 422. The van der Waals surface area contributed by atoms with Gasteiger partial charge in [0.2, 0.25) is 0 Å². The van der Waals surface area contributed by atoms with E-state index in [1.807, 2.05) is 5.32 Å². The smallest absolute Gasteiger partial charge is 0.408 e. The van der Waals surface area contributed by atoms with Crippen LogP contribution in [-0.4, -0.2) is 52.6 Å². The van der Waals surface area contributed by atoms with Crippen LogP contribution in [0.15, 0.2) is 0 Å². The first kappa shape index (κ1) is 23.7. The maximum atomic E-state index is 11.0. The van der Waals surface area contributed by atoms with Crippen LogP contribution in [0, 0.1) is 0 Å². The second kappa shape index (κ2) is 12.2. The van der Waals surface area contributed by atoms with Crippen molar-refractivity contribution in [2.75, 3.05) is 6.61 Å². The van der Waals surface area contributed by atoms with Gasteiger partial charge in [-0.2, -0.15) is 0 Å². The van der Waals surface area contributed by atoms with Crippen LogP contribution in [0.3, 0.4) is 0 Å². The first-order chi connectivity index (χ1) is 12.7. The third-order valence-corrected chi connectivity index (χ3v) is 4.85. The average molecular weight is 387 g/mol. The summed E-state index contributed by atoms with van der Waals surface area (Å²) in [7, 11) is 0. The molecule has 0 heterocycles. The number of rotatable bonds is 5. The highest BCUT2D eigenvalue weighted by molar-refractivity contribution is 5.80. The van der Waals surface area contributed by atoms with E-state index >= 15 is 0 Å². The second-order valence-corrected chi connectivity index (χ2v) is 8.56. The lowest BCUT2D eigenvalue weighted by Crippen LogP contribution is -2.45. The van der Waals surface area contributed by atoms with Crippen LogP contribution in [0.2, 0.25) is 0 Å². The zero-order valence-electron chi connectivity index (χ0n) is 17.1. The summed E-state index contributed by atoms with van der Waals surface area (Å²) < 4.78 is 4.80. The Morgan fingerprint density at radius 2 is 1.41 bits per heavy atom. The van der Waals surface area contributed by atoms with Crippen LogP contribution in [0.1, 0.15) is 85.0 Å². The van der Waals surface area contributed by atoms with E-state index in [0.717, 1.165) is 12.1 Å². The van der Waals surface area contributed by atoms with Gasteiger partial charge in [0, 0.05) is 12.1 Å². The molecule has 2 fully saturated rings. The molecule has 2 aliphatic carbocycles. The molecule has 0 radical (unpaired) electrons. The van der Waals surface area contributed by atoms with Gasteiger partial charge in [0.15, 0.2) is 6.04 Å². The molecular formula is C20H38N2O5. The minimum Gasteiger partial charge on any atom is -0.480 e. The maximum absolute atomic E-state index is 11.0. The fourth-order valence-electron chi connectivity index (χ4n) is 3.51. The van der Waals surface area contributed by atoms with Gasteiger partial charge in [0.1, 0.15) is 5.60 Å². The summed E-state index contributed by atoms with van der Waals surface area (Å²) in [6.07, 6.45) is 13.7. The topological polar surface area (TPSA) is 108 Å². The van der Waals surface area contributed by atoms with Gasteiger partial charge in [0.05, 0.1) is 6.61 Å². The molecule has 0 aromatic carbocycles. The first-order valence-corrected chi connectivity index (χ1v) is 10.3. The zero-order chi connectivity index (χ0) is 20.3. The third-order valence-electron chi connectivity index (χ3n) is 4.85. The summed E-state index contributed by atoms with van der Waals surface area (Å²) in [4.78, 5) is 21.4. The predicted octanol–water partition coefficient (Wildman–Crippen LogP) is 3.20. The van der Waals surface area contributed by atoms with Crippen molar-refractivity contribution in [2.24, 2.45) is 0 Å². The highest BCUT2D eigenvalue weighted by atomic mass is 16.6. The number of aliphatic hydroxyl groups is 1. The molecule has 0 aromatic rings. The average Bonchev–Trinajstić information content (AvgIpc) is 2.60. The van der Waals surface area contributed by atoms with Gasteiger partial charge < -0.3 is 25.6 Å². The Morgan fingerprint density at radius 1 is 0.963 bits per heavy atom. The summed E-state index contributed by atoms with van der Waals surface area (Å²) >= 11 is 0. The lowest BCUT2D eigenvalue weighted by molar-refractivity contribution is -0.140. The number of carbonyl (C=O) groups excluding carboxylic acids is 1. The minimum absolute atomic E-state index is 0.672. The lowest BCUT2D eigenvalue weighted by Gasteiger charge is -2.30. The molecule has 0 aromatic heterocycles. The monoisotopic (exact) mass is 386 g/mol. The highest BCUT2D eigenvalue weighted by Gasteiger charge is 2.23. The second-order valence-electron chi connectivity index (χ2n) is 8.56. The fourth-order valence-corrected chi connectivity index (χ4v) is 3.51. The lowest BCUT2D eigenvalue weighted by atomic mass is 9.91. The third kappa shape index (κ3) is 11.2. The Morgan fingerprint density at radius 3 is 1.74 bits per heavy atom. The summed E-state index contributed by atoms with van der Waals surface area (Å²) in [6, 6.07) is 0.415. The number of hydrogen-bond donors (Lipinski definition) is 4. The molecule has 0 bridgehead atoms. The molecule has 2 rings (SSSR count). The molecule has 0 aliphatic heterocycles. The van der Waals surface area contributed by atoms with Crippen molar-refractivity contribution < 1.29 is 24.5 Å². The van der Waals surface area contributed by atoms with Gasteiger partial charge in [-0.25, -0.2) is 9.59 Å². The van der Waals surface area contributed by atoms with Crippen molar-refractivity contribution in [3.8, 4) is 0 Å². The van der Waals surface area contributed by atoms with Gasteiger partial charge in [-0.1, -0.05) is 38.5 Å². The number of nitrogens with one attached hydrogen (secondary N) is 2. The number of carboxylic acid groups (broad SMARTS) is 1. The number of aliphatic carboxylic acids is 1. The van der Waals surface area contributed by atoms with Gasteiger partial charge in [-0.15, -0.1) is 0 Å². The number of carboxylic acids is 1. The van der Waals surface area contributed by atoms with E-state index in [2.05, 4.69) is 5.32 Å². The first-order valence-electron chi connectivity index (χ1n) is 10.3. The number of hydrogen-bond acceptors (Lipinski definition) is 5. The van der Waals surface area contributed by atoms with Crippen LogP contribution < -0.4 is 10.6 Å². The number of ether oxygens (including phenoxy) is 1.